The number of ketones is 3. The van der Waals surface area contributed by atoms with Crippen LogP contribution in [0.4, 0.5) is 0 Å². The summed E-state index contributed by atoms with van der Waals surface area (Å²) in [6, 6.07) is 17.9. The van der Waals surface area contributed by atoms with Crippen LogP contribution in [-0.4, -0.2) is 103 Å². The standard InChI is InChI=1S/C47H70N4O6/c1-34(2)28-41(43(53)32-39(30-37-18-12-8-13-19-37)46(56)49-42(29-35(3)4)44(54)47(5)33-57-47)48-45(55)38(22-21-36-16-10-7-11-17-36)31-40(52)20-14-9-15-23-51-26-24-50(6)25-27-51/h7-8,10-13,16-19,34-35,38-39,41-42H,9,14-15,20-33H2,1-6H3,(H,48,55)(H,49,56)/t38?,39-,41+,42+,47-/m1/s1. The minimum Gasteiger partial charge on any atom is -0.361 e. The molecular weight excluding hydrogens is 717 g/mol. The first-order valence-electron chi connectivity index (χ1n) is 21.5. The average Bonchev–Trinajstić information content (AvgIpc) is 3.94. The van der Waals surface area contributed by atoms with E-state index in [1.807, 2.05) is 88.4 Å². The van der Waals surface area contributed by atoms with Gasteiger partial charge in [0.25, 0.3) is 0 Å². The Balaban J connectivity index is 1.44. The minimum atomic E-state index is -0.896. The highest BCUT2D eigenvalue weighted by Crippen LogP contribution is 2.30. The number of amides is 2. The fourth-order valence-corrected chi connectivity index (χ4v) is 7.78. The molecule has 1 unspecified atom stereocenters. The van der Waals surface area contributed by atoms with Crippen molar-refractivity contribution >= 4 is 29.2 Å². The number of aryl methyl sites for hydroxylation is 1. The Morgan fingerprint density at radius 2 is 1.28 bits per heavy atom. The van der Waals surface area contributed by atoms with Crippen LogP contribution in [0.15, 0.2) is 60.7 Å². The van der Waals surface area contributed by atoms with E-state index in [9.17, 15) is 24.0 Å². The molecule has 0 radical (unpaired) electrons. The predicted molar refractivity (Wildman–Crippen MR) is 226 cm³/mol. The summed E-state index contributed by atoms with van der Waals surface area (Å²) in [4.78, 5) is 74.2. The maximum absolute atomic E-state index is 14.3. The van der Waals surface area contributed by atoms with Crippen molar-refractivity contribution in [2.24, 2.45) is 23.7 Å². The van der Waals surface area contributed by atoms with Gasteiger partial charge in [0.05, 0.1) is 18.7 Å². The van der Waals surface area contributed by atoms with Crippen molar-refractivity contribution in [1.82, 2.24) is 20.4 Å². The van der Waals surface area contributed by atoms with Crippen molar-refractivity contribution in [3.63, 3.8) is 0 Å². The van der Waals surface area contributed by atoms with Gasteiger partial charge in [0.1, 0.15) is 11.4 Å². The Bertz CT molecular complexity index is 1570. The van der Waals surface area contributed by atoms with Gasteiger partial charge in [0.15, 0.2) is 11.6 Å². The van der Waals surface area contributed by atoms with E-state index in [4.69, 9.17) is 4.74 Å². The van der Waals surface area contributed by atoms with Gasteiger partial charge in [-0.15, -0.1) is 0 Å². The summed E-state index contributed by atoms with van der Waals surface area (Å²) in [5.41, 5.74) is 1.10. The Morgan fingerprint density at radius 1 is 0.719 bits per heavy atom. The first kappa shape index (κ1) is 46.0. The quantitative estimate of drug-likeness (QED) is 0.0848. The normalized spacial score (nSPS) is 19.4. The zero-order valence-corrected chi connectivity index (χ0v) is 35.6. The molecule has 2 aromatic rings. The third kappa shape index (κ3) is 16.2. The molecule has 0 aromatic heterocycles. The zero-order chi connectivity index (χ0) is 41.4. The van der Waals surface area contributed by atoms with Gasteiger partial charge in [-0.3, -0.25) is 24.0 Å². The lowest BCUT2D eigenvalue weighted by molar-refractivity contribution is -0.135. The Morgan fingerprint density at radius 3 is 1.88 bits per heavy atom. The Hall–Kier alpha value is -3.73. The molecule has 2 amide bonds. The number of carbonyl (C=O) groups is 5. The smallest absolute Gasteiger partial charge is 0.224 e. The van der Waals surface area contributed by atoms with E-state index in [1.165, 1.54) is 0 Å². The molecule has 2 aromatic carbocycles. The van der Waals surface area contributed by atoms with Crippen molar-refractivity contribution in [2.75, 3.05) is 46.4 Å². The number of carbonyl (C=O) groups excluding carboxylic acids is 5. The minimum absolute atomic E-state index is 0.0742. The third-order valence-corrected chi connectivity index (χ3v) is 11.5. The molecule has 0 spiro atoms. The van der Waals surface area contributed by atoms with E-state index < -0.39 is 29.5 Å². The van der Waals surface area contributed by atoms with Crippen LogP contribution in [-0.2, 0) is 41.6 Å². The maximum Gasteiger partial charge on any atom is 0.224 e. The van der Waals surface area contributed by atoms with E-state index in [-0.39, 0.29) is 53.8 Å². The molecule has 2 N–H and O–H groups in total. The van der Waals surface area contributed by atoms with Gasteiger partial charge in [-0.25, -0.2) is 0 Å². The van der Waals surface area contributed by atoms with E-state index in [0.29, 0.717) is 45.1 Å². The SMILES string of the molecule is CC(C)C[C@H](NC(=O)C(CCc1ccccc1)CC(=O)CCCCCN1CCN(C)CC1)C(=O)C[C@@H](Cc1ccccc1)C(=O)N[C@@H](CC(C)C)C(=O)[C@@]1(C)CO1. The number of hydrogen-bond acceptors (Lipinski definition) is 8. The van der Waals surface area contributed by atoms with E-state index in [0.717, 1.165) is 63.1 Å². The molecule has 2 aliphatic rings. The van der Waals surface area contributed by atoms with Gasteiger partial charge in [0.2, 0.25) is 11.8 Å². The number of likely N-dealkylation sites (N-methyl/N-ethyl adjacent to an activating group) is 1. The largest absolute Gasteiger partial charge is 0.361 e. The lowest BCUT2D eigenvalue weighted by atomic mass is 9.87. The fraction of sp³-hybridized carbons (Fsp3) is 0.638. The number of epoxide rings is 1. The second kappa shape index (κ2) is 23.0. The van der Waals surface area contributed by atoms with Gasteiger partial charge in [-0.05, 0) is 88.4 Å². The molecule has 10 nitrogen and oxygen atoms in total. The van der Waals surface area contributed by atoms with Crippen LogP contribution in [0.25, 0.3) is 0 Å². The number of nitrogens with zero attached hydrogens (tertiary/aromatic N) is 2. The predicted octanol–water partition coefficient (Wildman–Crippen LogP) is 6.24. The molecule has 314 valence electrons. The number of benzene rings is 2. The number of Topliss-reactive ketones (excluding diaryl/α,β-unsaturated/α-hetero) is 3. The van der Waals surface area contributed by atoms with Gasteiger partial charge in [-0.2, -0.15) is 0 Å². The van der Waals surface area contributed by atoms with Crippen LogP contribution < -0.4 is 10.6 Å². The molecule has 2 saturated heterocycles. The van der Waals surface area contributed by atoms with Gasteiger partial charge in [-0.1, -0.05) is 94.8 Å². The molecule has 0 bridgehead atoms. The summed E-state index contributed by atoms with van der Waals surface area (Å²) in [7, 11) is 2.16. The molecule has 4 rings (SSSR count). The van der Waals surface area contributed by atoms with Crippen LogP contribution in [0.3, 0.4) is 0 Å². The molecule has 0 aliphatic carbocycles. The van der Waals surface area contributed by atoms with E-state index >= 15 is 0 Å². The summed E-state index contributed by atoms with van der Waals surface area (Å²) in [5, 5.41) is 6.08. The number of ether oxygens (including phenoxy) is 1. The third-order valence-electron chi connectivity index (χ3n) is 11.5. The number of nitrogens with one attached hydrogen (secondary N) is 2. The fourth-order valence-electron chi connectivity index (χ4n) is 7.78. The first-order chi connectivity index (χ1) is 27.2. The molecule has 57 heavy (non-hydrogen) atoms. The molecule has 2 aliphatic heterocycles. The first-order valence-corrected chi connectivity index (χ1v) is 21.5. The molecular formula is C47H70N4O6. The second-order valence-corrected chi connectivity index (χ2v) is 17.7. The van der Waals surface area contributed by atoms with Gasteiger partial charge in [0, 0.05) is 57.3 Å². The summed E-state index contributed by atoms with van der Waals surface area (Å²) in [5.74, 6) is -2.07. The molecule has 2 heterocycles. The van der Waals surface area contributed by atoms with Crippen LogP contribution in [0.1, 0.15) is 104 Å². The summed E-state index contributed by atoms with van der Waals surface area (Å²) >= 11 is 0. The number of rotatable bonds is 26. The van der Waals surface area contributed by atoms with Crippen LogP contribution in [0.5, 0.6) is 0 Å². The number of hydrogen-bond donors (Lipinski definition) is 2. The lowest BCUT2D eigenvalue weighted by Crippen LogP contribution is -2.50. The number of unbranched alkanes of at least 4 members (excludes halogenated alkanes) is 2. The van der Waals surface area contributed by atoms with E-state index in [2.05, 4.69) is 27.5 Å². The highest BCUT2D eigenvalue weighted by Gasteiger charge is 2.50. The van der Waals surface area contributed by atoms with Crippen molar-refractivity contribution in [3.8, 4) is 0 Å². The topological polar surface area (TPSA) is 128 Å². The van der Waals surface area contributed by atoms with Crippen LogP contribution in [0.2, 0.25) is 0 Å². The van der Waals surface area contributed by atoms with Crippen molar-refractivity contribution in [3.05, 3.63) is 71.8 Å². The molecule has 2 fully saturated rings. The summed E-state index contributed by atoms with van der Waals surface area (Å²) < 4.78 is 5.45. The van der Waals surface area contributed by atoms with Crippen LogP contribution >= 0.6 is 0 Å². The molecule has 5 atom stereocenters. The number of piperazine rings is 1. The van der Waals surface area contributed by atoms with E-state index in [1.54, 1.807) is 6.92 Å². The van der Waals surface area contributed by atoms with Crippen molar-refractivity contribution in [2.45, 2.75) is 123 Å². The molecule has 0 saturated carbocycles. The van der Waals surface area contributed by atoms with Crippen molar-refractivity contribution < 1.29 is 28.7 Å². The Kier molecular flexibility index (Phi) is 18.6. The highest BCUT2D eigenvalue weighted by atomic mass is 16.6. The Labute approximate surface area is 342 Å². The van der Waals surface area contributed by atoms with Crippen LogP contribution in [0, 0.1) is 23.7 Å². The second-order valence-electron chi connectivity index (χ2n) is 17.7. The van der Waals surface area contributed by atoms with Gasteiger partial charge < -0.3 is 25.2 Å². The maximum atomic E-state index is 14.3. The average molecular weight is 787 g/mol. The monoisotopic (exact) mass is 787 g/mol. The highest BCUT2D eigenvalue weighted by molar-refractivity contribution is 5.98. The lowest BCUT2D eigenvalue weighted by Gasteiger charge is -2.32. The molecule has 10 heteroatoms. The summed E-state index contributed by atoms with van der Waals surface area (Å²) in [6.45, 7) is 15.5. The zero-order valence-electron chi connectivity index (χ0n) is 35.6. The van der Waals surface area contributed by atoms with Gasteiger partial charge >= 0.3 is 0 Å². The van der Waals surface area contributed by atoms with Crippen molar-refractivity contribution in [1.29, 1.82) is 0 Å². The summed E-state index contributed by atoms with van der Waals surface area (Å²) in [6.07, 6.45) is 5.59.